The van der Waals surface area contributed by atoms with Gasteiger partial charge in [0.25, 0.3) is 0 Å². The first kappa shape index (κ1) is 10.6. The highest BCUT2D eigenvalue weighted by atomic mass is 16.5. The van der Waals surface area contributed by atoms with Gasteiger partial charge in [0.15, 0.2) is 5.82 Å². The number of rotatable bonds is 5. The molecule has 1 saturated carbocycles. The molecule has 1 aromatic heterocycles. The second-order valence-corrected chi connectivity index (χ2v) is 4.57. The molecule has 1 N–H and O–H groups in total. The van der Waals surface area contributed by atoms with Crippen molar-refractivity contribution in [2.24, 2.45) is 5.92 Å². The Labute approximate surface area is 90.4 Å². The Morgan fingerprint density at radius 2 is 2.20 bits per heavy atom. The van der Waals surface area contributed by atoms with Gasteiger partial charge in [-0.2, -0.15) is 4.98 Å². The fourth-order valence-corrected chi connectivity index (χ4v) is 1.71. The number of likely N-dealkylation sites (N-methyl/N-ethyl adjacent to an activating group) is 1. The molecule has 0 spiro atoms. The Hall–Kier alpha value is -0.900. The molecule has 0 radical (unpaired) electrons. The van der Waals surface area contributed by atoms with Crippen molar-refractivity contribution in [3.63, 3.8) is 0 Å². The van der Waals surface area contributed by atoms with E-state index >= 15 is 0 Å². The second-order valence-electron chi connectivity index (χ2n) is 4.57. The van der Waals surface area contributed by atoms with Gasteiger partial charge in [-0.1, -0.05) is 12.1 Å². The Balaban J connectivity index is 1.96. The molecule has 1 aliphatic rings. The van der Waals surface area contributed by atoms with E-state index in [9.17, 15) is 0 Å². The average Bonchev–Trinajstić information content (AvgIpc) is 2.98. The van der Waals surface area contributed by atoms with E-state index < -0.39 is 0 Å². The van der Waals surface area contributed by atoms with Gasteiger partial charge in [-0.3, -0.25) is 0 Å². The summed E-state index contributed by atoms with van der Waals surface area (Å²) >= 11 is 0. The predicted octanol–water partition coefficient (Wildman–Crippen LogP) is 1.73. The predicted molar refractivity (Wildman–Crippen MR) is 57.7 cm³/mol. The van der Waals surface area contributed by atoms with Gasteiger partial charge in [-0.25, -0.2) is 0 Å². The van der Waals surface area contributed by atoms with Crippen molar-refractivity contribution in [1.82, 2.24) is 15.5 Å². The molecular formula is C11H19N3O. The first-order valence-electron chi connectivity index (χ1n) is 5.70. The molecule has 1 heterocycles. The highest BCUT2D eigenvalue weighted by Crippen LogP contribution is 2.41. The van der Waals surface area contributed by atoms with Crippen LogP contribution in [-0.2, 0) is 6.42 Å². The Bertz CT molecular complexity index is 319. The summed E-state index contributed by atoms with van der Waals surface area (Å²) in [6, 6.07) is 0.395. The molecule has 0 bridgehead atoms. The summed E-state index contributed by atoms with van der Waals surface area (Å²) in [5.74, 6) is 2.85. The van der Waals surface area contributed by atoms with Crippen LogP contribution in [0, 0.1) is 5.92 Å². The average molecular weight is 209 g/mol. The molecule has 15 heavy (non-hydrogen) atoms. The summed E-state index contributed by atoms with van der Waals surface area (Å²) in [6.07, 6.45) is 3.45. The normalized spacial score (nSPS) is 20.2. The van der Waals surface area contributed by atoms with Crippen molar-refractivity contribution in [3.05, 3.63) is 11.7 Å². The number of hydrogen-bond donors (Lipinski definition) is 1. The molecule has 4 heteroatoms. The summed E-state index contributed by atoms with van der Waals surface area (Å²) < 4.78 is 5.28. The van der Waals surface area contributed by atoms with Crippen LogP contribution in [0.1, 0.15) is 44.3 Å². The molecule has 2 unspecified atom stereocenters. The zero-order valence-electron chi connectivity index (χ0n) is 9.66. The van der Waals surface area contributed by atoms with Crippen LogP contribution in [0.4, 0.5) is 0 Å². The topological polar surface area (TPSA) is 51.0 Å². The maximum atomic E-state index is 5.28. The minimum absolute atomic E-state index is 0.395. The van der Waals surface area contributed by atoms with E-state index in [1.54, 1.807) is 0 Å². The summed E-state index contributed by atoms with van der Waals surface area (Å²) in [6.45, 7) is 4.29. The summed E-state index contributed by atoms with van der Waals surface area (Å²) in [5.41, 5.74) is 0. The van der Waals surface area contributed by atoms with Gasteiger partial charge in [0.1, 0.15) is 0 Å². The highest BCUT2D eigenvalue weighted by molar-refractivity contribution is 4.99. The Kier molecular flexibility index (Phi) is 3.05. The lowest BCUT2D eigenvalue weighted by Crippen LogP contribution is -2.24. The van der Waals surface area contributed by atoms with Crippen molar-refractivity contribution in [2.75, 3.05) is 7.05 Å². The van der Waals surface area contributed by atoms with E-state index in [1.165, 1.54) is 12.8 Å². The van der Waals surface area contributed by atoms with E-state index in [0.29, 0.717) is 12.0 Å². The van der Waals surface area contributed by atoms with Crippen LogP contribution in [0.5, 0.6) is 0 Å². The van der Waals surface area contributed by atoms with Crippen molar-refractivity contribution < 1.29 is 4.52 Å². The van der Waals surface area contributed by atoms with Gasteiger partial charge >= 0.3 is 0 Å². The largest absolute Gasteiger partial charge is 0.339 e. The van der Waals surface area contributed by atoms with Crippen LogP contribution < -0.4 is 5.32 Å². The third kappa shape index (κ3) is 2.56. The molecule has 1 aromatic rings. The molecule has 0 saturated heterocycles. The van der Waals surface area contributed by atoms with Crippen LogP contribution in [0.25, 0.3) is 0 Å². The standard InChI is InChI=1S/C11H19N3O/c1-7(12-3)6-10-13-11(15-14-10)8(2)9-4-5-9/h7-9,12H,4-6H2,1-3H3. The third-order valence-corrected chi connectivity index (χ3v) is 3.18. The zero-order valence-corrected chi connectivity index (χ0v) is 9.66. The van der Waals surface area contributed by atoms with Crippen molar-refractivity contribution in [3.8, 4) is 0 Å². The molecule has 4 nitrogen and oxygen atoms in total. The molecule has 1 aliphatic carbocycles. The van der Waals surface area contributed by atoms with E-state index in [1.807, 2.05) is 7.05 Å². The minimum Gasteiger partial charge on any atom is -0.339 e. The second kappa shape index (κ2) is 4.31. The van der Waals surface area contributed by atoms with Crippen LogP contribution in [-0.4, -0.2) is 23.2 Å². The van der Waals surface area contributed by atoms with Crippen LogP contribution >= 0.6 is 0 Å². The van der Waals surface area contributed by atoms with E-state index in [4.69, 9.17) is 4.52 Å². The third-order valence-electron chi connectivity index (χ3n) is 3.18. The van der Waals surface area contributed by atoms with Crippen LogP contribution in [0.2, 0.25) is 0 Å². The first-order chi connectivity index (χ1) is 7.20. The number of hydrogen-bond acceptors (Lipinski definition) is 4. The van der Waals surface area contributed by atoms with E-state index in [-0.39, 0.29) is 0 Å². The molecule has 0 aliphatic heterocycles. The van der Waals surface area contributed by atoms with E-state index in [2.05, 4.69) is 29.3 Å². The lowest BCUT2D eigenvalue weighted by molar-refractivity contribution is 0.344. The van der Waals surface area contributed by atoms with Crippen LogP contribution in [0.3, 0.4) is 0 Å². The fraction of sp³-hybridized carbons (Fsp3) is 0.818. The quantitative estimate of drug-likeness (QED) is 0.802. The summed E-state index contributed by atoms with van der Waals surface area (Å²) in [4.78, 5) is 4.44. The number of nitrogens with zero attached hydrogens (tertiary/aromatic N) is 2. The summed E-state index contributed by atoms with van der Waals surface area (Å²) in [5, 5.41) is 7.17. The SMILES string of the molecule is CNC(C)Cc1noc(C(C)C2CC2)n1. The maximum absolute atomic E-state index is 5.28. The van der Waals surface area contributed by atoms with Gasteiger partial charge in [0, 0.05) is 18.4 Å². The summed E-state index contributed by atoms with van der Waals surface area (Å²) in [7, 11) is 1.94. The number of aromatic nitrogens is 2. The lowest BCUT2D eigenvalue weighted by Gasteiger charge is -2.05. The minimum atomic E-state index is 0.395. The van der Waals surface area contributed by atoms with Gasteiger partial charge in [-0.15, -0.1) is 0 Å². The zero-order chi connectivity index (χ0) is 10.8. The number of nitrogens with one attached hydrogen (secondary N) is 1. The van der Waals surface area contributed by atoms with Gasteiger partial charge in [0.2, 0.25) is 5.89 Å². The van der Waals surface area contributed by atoms with Gasteiger partial charge in [0.05, 0.1) is 0 Å². The van der Waals surface area contributed by atoms with Gasteiger partial charge < -0.3 is 9.84 Å². The Morgan fingerprint density at radius 3 is 2.80 bits per heavy atom. The van der Waals surface area contributed by atoms with Crippen LogP contribution in [0.15, 0.2) is 4.52 Å². The molecule has 2 atom stereocenters. The highest BCUT2D eigenvalue weighted by Gasteiger charge is 2.32. The van der Waals surface area contributed by atoms with Crippen molar-refractivity contribution >= 4 is 0 Å². The molecule has 2 rings (SSSR count). The molecule has 0 amide bonds. The van der Waals surface area contributed by atoms with E-state index in [0.717, 1.165) is 24.1 Å². The smallest absolute Gasteiger partial charge is 0.229 e. The molecule has 84 valence electrons. The lowest BCUT2D eigenvalue weighted by atomic mass is 10.1. The first-order valence-corrected chi connectivity index (χ1v) is 5.70. The Morgan fingerprint density at radius 1 is 1.47 bits per heavy atom. The van der Waals surface area contributed by atoms with Crippen molar-refractivity contribution in [1.29, 1.82) is 0 Å². The van der Waals surface area contributed by atoms with Gasteiger partial charge in [-0.05, 0) is 32.7 Å². The monoisotopic (exact) mass is 209 g/mol. The maximum Gasteiger partial charge on any atom is 0.229 e. The molecule has 1 fully saturated rings. The van der Waals surface area contributed by atoms with Crippen molar-refractivity contribution in [2.45, 2.75) is 45.1 Å². The fourth-order valence-electron chi connectivity index (χ4n) is 1.71. The molecule has 0 aromatic carbocycles. The molecular weight excluding hydrogens is 190 g/mol.